The van der Waals surface area contributed by atoms with Crippen molar-refractivity contribution in [3.05, 3.63) is 52.5 Å². The van der Waals surface area contributed by atoms with E-state index in [-0.39, 0.29) is 26.8 Å². The van der Waals surface area contributed by atoms with E-state index >= 15 is 0 Å². The molecule has 0 aromatic heterocycles. The van der Waals surface area contributed by atoms with E-state index in [0.717, 1.165) is 19.3 Å². The van der Waals surface area contributed by atoms with Gasteiger partial charge in [0.05, 0.1) is 10.0 Å². The van der Waals surface area contributed by atoms with E-state index in [1.54, 1.807) is 30.3 Å². The highest BCUT2D eigenvalue weighted by Crippen LogP contribution is 2.31. The molecular weight excluding hydrogens is 383 g/mol. The number of nitrogens with one attached hydrogen (secondary N) is 2. The third kappa shape index (κ3) is 4.08. The number of halogens is 2. The van der Waals surface area contributed by atoms with Crippen molar-refractivity contribution in [2.45, 2.75) is 24.2 Å². The summed E-state index contributed by atoms with van der Waals surface area (Å²) < 4.78 is 27.4. The van der Waals surface area contributed by atoms with E-state index in [4.69, 9.17) is 23.2 Å². The molecule has 2 N–H and O–H groups in total. The van der Waals surface area contributed by atoms with Crippen molar-refractivity contribution in [3.8, 4) is 0 Å². The van der Waals surface area contributed by atoms with Crippen LogP contribution in [0.1, 0.15) is 19.3 Å². The first-order valence-electron chi connectivity index (χ1n) is 7.74. The van der Waals surface area contributed by atoms with Gasteiger partial charge in [-0.25, -0.2) is 8.42 Å². The van der Waals surface area contributed by atoms with Crippen molar-refractivity contribution in [1.82, 2.24) is 0 Å². The van der Waals surface area contributed by atoms with Crippen molar-refractivity contribution >= 4 is 50.5 Å². The van der Waals surface area contributed by atoms with E-state index in [1.165, 1.54) is 12.1 Å². The molecule has 132 valence electrons. The Kier molecular flexibility index (Phi) is 5.22. The molecule has 0 heterocycles. The van der Waals surface area contributed by atoms with Crippen molar-refractivity contribution in [3.63, 3.8) is 0 Å². The Hall–Kier alpha value is -1.76. The number of amides is 1. The van der Waals surface area contributed by atoms with Crippen LogP contribution in [0.2, 0.25) is 10.0 Å². The lowest BCUT2D eigenvalue weighted by Crippen LogP contribution is -2.27. The maximum atomic E-state index is 12.5. The standard InChI is InChI=1S/C17H16Cl2N2O3S/c18-14-5-2-6-15(19)16(14)25(23,24)21-13-9-7-12(8-10-13)20-17(22)11-3-1-4-11/h2,5-11,21H,1,3-4H2,(H,20,22). The fraction of sp³-hybridized carbons (Fsp3) is 0.235. The fourth-order valence-corrected chi connectivity index (χ4v) is 4.69. The first kappa shape index (κ1) is 18.0. The second-order valence-electron chi connectivity index (χ2n) is 5.85. The van der Waals surface area contributed by atoms with Gasteiger partial charge in [0.2, 0.25) is 5.91 Å². The molecule has 0 aliphatic heterocycles. The van der Waals surface area contributed by atoms with Gasteiger partial charge in [0.15, 0.2) is 0 Å². The molecule has 1 aliphatic carbocycles. The zero-order valence-corrected chi connectivity index (χ0v) is 15.5. The minimum absolute atomic E-state index is 0.00225. The van der Waals surface area contributed by atoms with Crippen molar-refractivity contribution in [2.24, 2.45) is 5.92 Å². The molecule has 0 atom stereocenters. The predicted molar refractivity (Wildman–Crippen MR) is 99.7 cm³/mol. The number of benzene rings is 2. The SMILES string of the molecule is O=C(Nc1ccc(NS(=O)(=O)c2c(Cl)cccc2Cl)cc1)C1CCC1. The van der Waals surface area contributed by atoms with Gasteiger partial charge in [-0.05, 0) is 49.2 Å². The van der Waals surface area contributed by atoms with Crippen LogP contribution in [0.15, 0.2) is 47.4 Å². The van der Waals surface area contributed by atoms with Crippen LogP contribution < -0.4 is 10.0 Å². The lowest BCUT2D eigenvalue weighted by molar-refractivity contribution is -0.122. The molecule has 8 heteroatoms. The van der Waals surface area contributed by atoms with Gasteiger partial charge in [0, 0.05) is 17.3 Å². The molecule has 5 nitrogen and oxygen atoms in total. The molecule has 0 unspecified atom stereocenters. The molecule has 0 spiro atoms. The average molecular weight is 399 g/mol. The van der Waals surface area contributed by atoms with Gasteiger partial charge in [0.25, 0.3) is 10.0 Å². The summed E-state index contributed by atoms with van der Waals surface area (Å²) in [5, 5.41) is 2.92. The Labute approximate surface area is 156 Å². The van der Waals surface area contributed by atoms with Gasteiger partial charge in [-0.15, -0.1) is 0 Å². The number of rotatable bonds is 5. The van der Waals surface area contributed by atoms with Crippen LogP contribution in [0.3, 0.4) is 0 Å². The van der Waals surface area contributed by atoms with Crippen LogP contribution in [0, 0.1) is 5.92 Å². The Morgan fingerprint density at radius 2 is 1.52 bits per heavy atom. The molecule has 3 rings (SSSR count). The van der Waals surface area contributed by atoms with Gasteiger partial charge in [-0.2, -0.15) is 0 Å². The number of anilines is 2. The summed E-state index contributed by atoms with van der Waals surface area (Å²) >= 11 is 11.9. The van der Waals surface area contributed by atoms with E-state index in [1.807, 2.05) is 0 Å². The van der Waals surface area contributed by atoms with Crippen LogP contribution in [0.5, 0.6) is 0 Å². The molecule has 0 bridgehead atoms. The Bertz CT molecular complexity index is 874. The molecule has 25 heavy (non-hydrogen) atoms. The third-order valence-corrected chi connectivity index (χ3v) is 6.40. The van der Waals surface area contributed by atoms with Gasteiger partial charge in [-0.1, -0.05) is 35.7 Å². The molecule has 0 saturated heterocycles. The third-order valence-electron chi connectivity index (χ3n) is 4.07. The predicted octanol–water partition coefficient (Wildman–Crippen LogP) is 4.53. The molecule has 1 fully saturated rings. The molecule has 1 aliphatic rings. The summed E-state index contributed by atoms with van der Waals surface area (Å²) in [4.78, 5) is 11.8. The smallest absolute Gasteiger partial charge is 0.264 e. The van der Waals surface area contributed by atoms with Crippen LogP contribution in [-0.2, 0) is 14.8 Å². The van der Waals surface area contributed by atoms with Gasteiger partial charge < -0.3 is 5.32 Å². The Morgan fingerprint density at radius 3 is 2.04 bits per heavy atom. The summed E-state index contributed by atoms with van der Waals surface area (Å²) in [6.45, 7) is 0. The summed E-state index contributed by atoms with van der Waals surface area (Å²) in [7, 11) is -3.92. The highest BCUT2D eigenvalue weighted by atomic mass is 35.5. The molecule has 1 amide bonds. The maximum absolute atomic E-state index is 12.5. The zero-order valence-electron chi connectivity index (χ0n) is 13.1. The number of hydrogen-bond acceptors (Lipinski definition) is 3. The van der Waals surface area contributed by atoms with Crippen molar-refractivity contribution in [2.75, 3.05) is 10.0 Å². The van der Waals surface area contributed by atoms with E-state index in [2.05, 4.69) is 10.0 Å². The summed E-state index contributed by atoms with van der Waals surface area (Å²) in [5.74, 6) is 0.0861. The van der Waals surface area contributed by atoms with E-state index in [9.17, 15) is 13.2 Å². The number of hydrogen-bond donors (Lipinski definition) is 2. The zero-order chi connectivity index (χ0) is 18.0. The van der Waals surface area contributed by atoms with Crippen LogP contribution in [-0.4, -0.2) is 14.3 Å². The van der Waals surface area contributed by atoms with E-state index in [0.29, 0.717) is 11.4 Å². The summed E-state index contributed by atoms with van der Waals surface area (Å²) in [5.41, 5.74) is 0.966. The first-order valence-corrected chi connectivity index (χ1v) is 9.98. The first-order chi connectivity index (χ1) is 11.9. The highest BCUT2D eigenvalue weighted by Gasteiger charge is 2.25. The van der Waals surface area contributed by atoms with Crippen LogP contribution in [0.25, 0.3) is 0 Å². The Balaban J connectivity index is 1.73. The minimum Gasteiger partial charge on any atom is -0.326 e. The minimum atomic E-state index is -3.92. The molecule has 0 radical (unpaired) electrons. The van der Waals surface area contributed by atoms with Crippen molar-refractivity contribution in [1.29, 1.82) is 0 Å². The average Bonchev–Trinajstić information content (AvgIpc) is 2.46. The lowest BCUT2D eigenvalue weighted by Gasteiger charge is -2.24. The fourth-order valence-electron chi connectivity index (χ4n) is 2.48. The highest BCUT2D eigenvalue weighted by molar-refractivity contribution is 7.93. The second kappa shape index (κ2) is 7.23. The quantitative estimate of drug-likeness (QED) is 0.776. The lowest BCUT2D eigenvalue weighted by atomic mass is 9.85. The van der Waals surface area contributed by atoms with Crippen molar-refractivity contribution < 1.29 is 13.2 Å². The molecular formula is C17H16Cl2N2O3S. The Morgan fingerprint density at radius 1 is 0.960 bits per heavy atom. The summed E-state index contributed by atoms with van der Waals surface area (Å²) in [6.07, 6.45) is 2.92. The monoisotopic (exact) mass is 398 g/mol. The second-order valence-corrected chi connectivity index (χ2v) is 8.28. The number of sulfonamides is 1. The molecule has 2 aromatic carbocycles. The maximum Gasteiger partial charge on any atom is 0.264 e. The largest absolute Gasteiger partial charge is 0.326 e. The van der Waals surface area contributed by atoms with Gasteiger partial charge in [0.1, 0.15) is 4.90 Å². The topological polar surface area (TPSA) is 75.3 Å². The van der Waals surface area contributed by atoms with E-state index < -0.39 is 10.0 Å². The summed E-state index contributed by atoms with van der Waals surface area (Å²) in [6, 6.07) is 10.9. The van der Waals surface area contributed by atoms with Gasteiger partial charge >= 0.3 is 0 Å². The number of carbonyl (C=O) groups excluding carboxylic acids is 1. The molecule has 1 saturated carbocycles. The normalized spacial score (nSPS) is 14.6. The number of carbonyl (C=O) groups is 1. The van der Waals surface area contributed by atoms with Gasteiger partial charge in [-0.3, -0.25) is 9.52 Å². The molecule has 2 aromatic rings. The van der Waals surface area contributed by atoms with Crippen LogP contribution in [0.4, 0.5) is 11.4 Å². The van der Waals surface area contributed by atoms with Crippen LogP contribution >= 0.6 is 23.2 Å².